The van der Waals surface area contributed by atoms with Gasteiger partial charge in [0, 0.05) is 6.42 Å². The zero-order chi connectivity index (χ0) is 13.9. The van der Waals surface area contributed by atoms with E-state index in [0.717, 1.165) is 24.8 Å². The molecule has 4 heteroatoms. The lowest BCUT2D eigenvalue weighted by Crippen LogP contribution is -2.24. The van der Waals surface area contributed by atoms with Gasteiger partial charge in [-0.2, -0.15) is 0 Å². The van der Waals surface area contributed by atoms with Crippen molar-refractivity contribution >= 4 is 5.91 Å². The van der Waals surface area contributed by atoms with E-state index in [-0.39, 0.29) is 5.91 Å². The molecule has 1 unspecified atom stereocenters. The molecule has 19 heavy (non-hydrogen) atoms. The highest BCUT2D eigenvalue weighted by molar-refractivity contribution is 5.74. The Bertz CT molecular complexity index is 354. The second-order valence-corrected chi connectivity index (χ2v) is 4.69. The minimum atomic E-state index is -0.0635. The van der Waals surface area contributed by atoms with E-state index in [1.807, 2.05) is 30.3 Å². The highest BCUT2D eigenvalue weighted by Gasteiger charge is 2.08. The fourth-order valence-electron chi connectivity index (χ4n) is 1.95. The fraction of sp³-hybridized carbons (Fsp3) is 0.533. The van der Waals surface area contributed by atoms with Crippen molar-refractivity contribution in [1.82, 2.24) is 5.48 Å². The van der Waals surface area contributed by atoms with Crippen molar-refractivity contribution in [3.8, 4) is 0 Å². The molecule has 1 aromatic carbocycles. The smallest absolute Gasteiger partial charge is 0.243 e. The Kier molecular flexibility index (Phi) is 7.86. The number of rotatable bonds is 9. The second-order valence-electron chi connectivity index (χ2n) is 4.69. The Morgan fingerprint density at radius 1 is 1.32 bits per heavy atom. The molecule has 1 aromatic rings. The van der Waals surface area contributed by atoms with Crippen molar-refractivity contribution in [3.05, 3.63) is 35.9 Å². The Hall–Kier alpha value is -1.39. The first-order valence-corrected chi connectivity index (χ1v) is 6.90. The topological polar surface area (TPSA) is 64.4 Å². The van der Waals surface area contributed by atoms with Crippen molar-refractivity contribution in [2.75, 3.05) is 6.54 Å². The van der Waals surface area contributed by atoms with E-state index in [1.165, 1.54) is 0 Å². The fourth-order valence-corrected chi connectivity index (χ4v) is 1.95. The van der Waals surface area contributed by atoms with Gasteiger partial charge in [0.2, 0.25) is 5.91 Å². The molecule has 0 saturated heterocycles. The van der Waals surface area contributed by atoms with Gasteiger partial charge in [0.15, 0.2) is 0 Å². The molecule has 0 spiro atoms. The molecular formula is C15H24N2O2. The average molecular weight is 264 g/mol. The van der Waals surface area contributed by atoms with Crippen LogP contribution >= 0.6 is 0 Å². The van der Waals surface area contributed by atoms with Gasteiger partial charge >= 0.3 is 0 Å². The van der Waals surface area contributed by atoms with Crippen LogP contribution in [-0.2, 0) is 16.2 Å². The maximum Gasteiger partial charge on any atom is 0.243 e. The van der Waals surface area contributed by atoms with Gasteiger partial charge in [-0.3, -0.25) is 9.63 Å². The molecule has 1 atom stereocenters. The third kappa shape index (κ3) is 6.94. The Morgan fingerprint density at radius 3 is 2.68 bits per heavy atom. The molecule has 106 valence electrons. The highest BCUT2D eigenvalue weighted by Crippen LogP contribution is 2.14. The lowest BCUT2D eigenvalue weighted by Gasteiger charge is -2.13. The first-order valence-electron chi connectivity index (χ1n) is 6.90. The molecule has 1 amide bonds. The van der Waals surface area contributed by atoms with E-state index in [4.69, 9.17) is 10.6 Å². The molecule has 0 fully saturated rings. The molecule has 0 aliphatic carbocycles. The number of hydroxylamine groups is 1. The summed E-state index contributed by atoms with van der Waals surface area (Å²) in [7, 11) is 0. The number of amides is 1. The standard InChI is InChI=1S/C15H24N2O2/c1-2-13(10-11-16)8-9-15(18)17-19-12-14-6-4-3-5-7-14/h3-7,13H,2,8-12,16H2,1H3,(H,17,18). The number of hydrogen-bond donors (Lipinski definition) is 2. The lowest BCUT2D eigenvalue weighted by atomic mass is 9.97. The van der Waals surface area contributed by atoms with Crippen LogP contribution in [0.2, 0.25) is 0 Å². The predicted octanol–water partition coefficient (Wildman–Crippen LogP) is 2.39. The van der Waals surface area contributed by atoms with Crippen LogP contribution in [0.5, 0.6) is 0 Å². The Balaban J connectivity index is 2.14. The average Bonchev–Trinajstić information content (AvgIpc) is 2.44. The summed E-state index contributed by atoms with van der Waals surface area (Å²) in [5, 5.41) is 0. The van der Waals surface area contributed by atoms with Crippen LogP contribution in [-0.4, -0.2) is 12.5 Å². The minimum Gasteiger partial charge on any atom is -0.330 e. The largest absolute Gasteiger partial charge is 0.330 e. The molecular weight excluding hydrogens is 240 g/mol. The summed E-state index contributed by atoms with van der Waals surface area (Å²) in [5.41, 5.74) is 9.05. The number of nitrogens with two attached hydrogens (primary N) is 1. The van der Waals surface area contributed by atoms with E-state index in [0.29, 0.717) is 25.5 Å². The number of nitrogens with one attached hydrogen (secondary N) is 1. The van der Waals surface area contributed by atoms with E-state index in [2.05, 4.69) is 12.4 Å². The molecule has 0 heterocycles. The predicted molar refractivity (Wildman–Crippen MR) is 76.1 cm³/mol. The molecule has 0 aliphatic rings. The van der Waals surface area contributed by atoms with Crippen molar-refractivity contribution in [3.63, 3.8) is 0 Å². The summed E-state index contributed by atoms with van der Waals surface area (Å²) in [6.07, 6.45) is 3.41. The van der Waals surface area contributed by atoms with Gasteiger partial charge in [0.05, 0.1) is 6.61 Å². The highest BCUT2D eigenvalue weighted by atomic mass is 16.6. The zero-order valence-corrected chi connectivity index (χ0v) is 11.6. The van der Waals surface area contributed by atoms with Gasteiger partial charge in [-0.15, -0.1) is 0 Å². The van der Waals surface area contributed by atoms with Crippen LogP contribution < -0.4 is 11.2 Å². The van der Waals surface area contributed by atoms with Gasteiger partial charge in [0.25, 0.3) is 0 Å². The van der Waals surface area contributed by atoms with E-state index >= 15 is 0 Å². The molecule has 1 rings (SSSR count). The summed E-state index contributed by atoms with van der Waals surface area (Å²) in [6, 6.07) is 9.75. The quantitative estimate of drug-likeness (QED) is 0.673. The van der Waals surface area contributed by atoms with Crippen molar-refractivity contribution in [1.29, 1.82) is 0 Å². The minimum absolute atomic E-state index is 0.0635. The SMILES string of the molecule is CCC(CCN)CCC(=O)NOCc1ccccc1. The maximum absolute atomic E-state index is 11.6. The van der Waals surface area contributed by atoms with Crippen molar-refractivity contribution < 1.29 is 9.63 Å². The molecule has 3 N–H and O–H groups in total. The van der Waals surface area contributed by atoms with Crippen LogP contribution in [0.4, 0.5) is 0 Å². The molecule has 0 saturated carbocycles. The van der Waals surface area contributed by atoms with E-state index in [9.17, 15) is 4.79 Å². The first-order chi connectivity index (χ1) is 9.26. The second kappa shape index (κ2) is 9.53. The normalized spacial score (nSPS) is 12.1. The number of carbonyl (C=O) groups excluding carboxylic acids is 1. The van der Waals surface area contributed by atoms with Gasteiger partial charge in [0.1, 0.15) is 0 Å². The van der Waals surface area contributed by atoms with Crippen LogP contribution in [0, 0.1) is 5.92 Å². The molecule has 0 aromatic heterocycles. The monoisotopic (exact) mass is 264 g/mol. The van der Waals surface area contributed by atoms with Gasteiger partial charge < -0.3 is 5.73 Å². The summed E-state index contributed by atoms with van der Waals surface area (Å²) in [6.45, 7) is 3.21. The molecule has 4 nitrogen and oxygen atoms in total. The van der Waals surface area contributed by atoms with Crippen LogP contribution in [0.3, 0.4) is 0 Å². The Morgan fingerprint density at radius 2 is 2.05 bits per heavy atom. The zero-order valence-electron chi connectivity index (χ0n) is 11.6. The third-order valence-electron chi connectivity index (χ3n) is 3.20. The van der Waals surface area contributed by atoms with Gasteiger partial charge in [-0.05, 0) is 30.9 Å². The lowest BCUT2D eigenvalue weighted by molar-refractivity contribution is -0.134. The van der Waals surface area contributed by atoms with E-state index in [1.54, 1.807) is 0 Å². The first kappa shape index (κ1) is 15.7. The van der Waals surface area contributed by atoms with Crippen molar-refractivity contribution in [2.45, 2.75) is 39.2 Å². The molecule has 0 aliphatic heterocycles. The molecule has 0 radical (unpaired) electrons. The van der Waals surface area contributed by atoms with Gasteiger partial charge in [-0.25, -0.2) is 5.48 Å². The van der Waals surface area contributed by atoms with Crippen LogP contribution in [0.25, 0.3) is 0 Å². The van der Waals surface area contributed by atoms with Crippen molar-refractivity contribution in [2.24, 2.45) is 11.7 Å². The van der Waals surface area contributed by atoms with Crippen LogP contribution in [0.1, 0.15) is 38.2 Å². The maximum atomic E-state index is 11.6. The third-order valence-corrected chi connectivity index (χ3v) is 3.20. The number of carbonyl (C=O) groups is 1. The molecule has 0 bridgehead atoms. The van der Waals surface area contributed by atoms with Crippen LogP contribution in [0.15, 0.2) is 30.3 Å². The number of hydrogen-bond acceptors (Lipinski definition) is 3. The summed E-state index contributed by atoms with van der Waals surface area (Å²) < 4.78 is 0. The summed E-state index contributed by atoms with van der Waals surface area (Å²) in [5.74, 6) is 0.469. The van der Waals surface area contributed by atoms with E-state index < -0.39 is 0 Å². The number of benzene rings is 1. The van der Waals surface area contributed by atoms with Gasteiger partial charge in [-0.1, -0.05) is 43.7 Å². The summed E-state index contributed by atoms with van der Waals surface area (Å²) in [4.78, 5) is 16.8. The summed E-state index contributed by atoms with van der Waals surface area (Å²) >= 11 is 0. The Labute approximate surface area is 115 Å².